The Morgan fingerprint density at radius 1 is 1.32 bits per heavy atom. The van der Waals surface area contributed by atoms with Crippen LogP contribution < -0.4 is 0 Å². The number of rotatable bonds is 3. The van der Waals surface area contributed by atoms with E-state index in [0.29, 0.717) is 4.91 Å². The molecule has 0 unspecified atom stereocenters. The van der Waals surface area contributed by atoms with Crippen molar-refractivity contribution in [1.82, 2.24) is 4.90 Å². The highest BCUT2D eigenvalue weighted by molar-refractivity contribution is 8.18. The molecule has 1 aliphatic heterocycles. The Labute approximate surface area is 120 Å². The molecule has 2 amide bonds. The van der Waals surface area contributed by atoms with Crippen LogP contribution >= 0.6 is 11.8 Å². The minimum Gasteiger partial charge on any atom is -0.272 e. The van der Waals surface area contributed by atoms with Gasteiger partial charge in [0.25, 0.3) is 11.1 Å². The summed E-state index contributed by atoms with van der Waals surface area (Å²) < 4.78 is 0. The summed E-state index contributed by atoms with van der Waals surface area (Å²) in [6, 6.07) is 0. The highest BCUT2D eigenvalue weighted by Crippen LogP contribution is 2.30. The van der Waals surface area contributed by atoms with Crippen molar-refractivity contribution in [3.63, 3.8) is 0 Å². The number of amides is 2. The molecule has 0 atom stereocenters. The summed E-state index contributed by atoms with van der Waals surface area (Å²) in [7, 11) is 1.48. The number of hydrogen-bond donors (Lipinski definition) is 0. The van der Waals surface area contributed by atoms with Gasteiger partial charge < -0.3 is 0 Å². The number of carbonyl (C=O) groups excluding carboxylic acids is 2. The van der Waals surface area contributed by atoms with Gasteiger partial charge in [0.2, 0.25) is 0 Å². The van der Waals surface area contributed by atoms with E-state index < -0.39 is 0 Å². The highest BCUT2D eigenvalue weighted by Gasteiger charge is 2.31. The number of allylic oxidation sites excluding steroid dienone is 6. The van der Waals surface area contributed by atoms with Crippen molar-refractivity contribution in [1.29, 1.82) is 0 Å². The Morgan fingerprint density at radius 3 is 2.26 bits per heavy atom. The van der Waals surface area contributed by atoms with Crippen molar-refractivity contribution in [2.75, 3.05) is 7.05 Å². The molecular weight excluding hydrogens is 258 g/mol. The fourth-order valence-corrected chi connectivity index (χ4v) is 1.93. The van der Waals surface area contributed by atoms with Gasteiger partial charge >= 0.3 is 0 Å². The van der Waals surface area contributed by atoms with E-state index in [-0.39, 0.29) is 18.6 Å². The van der Waals surface area contributed by atoms with Gasteiger partial charge in [-0.15, -0.1) is 0 Å². The van der Waals surface area contributed by atoms with Crippen molar-refractivity contribution in [2.45, 2.75) is 28.2 Å². The molecule has 0 bridgehead atoms. The van der Waals surface area contributed by atoms with Gasteiger partial charge in [0.15, 0.2) is 0 Å². The molecule has 4 heteroatoms. The maximum atomic E-state index is 11.6. The Balaban J connectivity index is 0. The summed E-state index contributed by atoms with van der Waals surface area (Å²) in [6.45, 7) is 9.44. The van der Waals surface area contributed by atoms with E-state index in [0.717, 1.165) is 22.2 Å². The molecule has 0 spiro atoms. The van der Waals surface area contributed by atoms with E-state index in [1.165, 1.54) is 7.05 Å². The molecule has 1 heterocycles. The first-order valence-electron chi connectivity index (χ1n) is 5.77. The molecule has 19 heavy (non-hydrogen) atoms. The Morgan fingerprint density at radius 2 is 1.89 bits per heavy atom. The largest absolute Gasteiger partial charge is 0.293 e. The molecule has 106 valence electrons. The lowest BCUT2D eigenvalue weighted by atomic mass is 10.2. The molecule has 1 aliphatic rings. The number of nitrogens with zero attached hydrogens (tertiary/aromatic N) is 1. The van der Waals surface area contributed by atoms with Gasteiger partial charge in [-0.05, 0) is 30.3 Å². The maximum Gasteiger partial charge on any atom is 0.293 e. The topological polar surface area (TPSA) is 37.4 Å². The fraction of sp³-hybridized carbons (Fsp3) is 0.333. The third-order valence-electron chi connectivity index (χ3n) is 2.04. The predicted molar refractivity (Wildman–Crippen MR) is 85.0 cm³/mol. The molecule has 1 saturated heterocycles. The van der Waals surface area contributed by atoms with Crippen LogP contribution in [0.25, 0.3) is 0 Å². The first kappa shape index (κ1) is 19.8. The number of imide groups is 1. The van der Waals surface area contributed by atoms with Crippen LogP contribution in [0.2, 0.25) is 0 Å². The zero-order valence-electron chi connectivity index (χ0n) is 11.3. The average Bonchev–Trinajstić information content (AvgIpc) is 2.64. The van der Waals surface area contributed by atoms with Crippen LogP contribution in [0.4, 0.5) is 4.79 Å². The Hall–Kier alpha value is -1.55. The SMILES string of the molecule is C.C=C\C=C/C(=C\C)/C=C1/SC(=O)N(C)C1=O.CC. The standard InChI is InChI=1S/C12H13NO2S.C2H6.CH4/c1-4-6-7-9(5-2)8-10-11(14)13(3)12(15)16-10;1-2;/h4-8H,1H2,2-3H3;1-2H3;1H4/b7-6-,9-5+,10-8+;;. The molecule has 1 fully saturated rings. The smallest absolute Gasteiger partial charge is 0.272 e. The zero-order chi connectivity index (χ0) is 14.1. The maximum absolute atomic E-state index is 11.6. The normalized spacial score (nSPS) is 17.4. The summed E-state index contributed by atoms with van der Waals surface area (Å²) >= 11 is 0.957. The van der Waals surface area contributed by atoms with Gasteiger partial charge in [-0.1, -0.05) is 52.2 Å². The highest BCUT2D eigenvalue weighted by atomic mass is 32.2. The predicted octanol–water partition coefficient (Wildman–Crippen LogP) is 4.55. The average molecular weight is 281 g/mol. The monoisotopic (exact) mass is 281 g/mol. The summed E-state index contributed by atoms with van der Waals surface area (Å²) in [5, 5.41) is -0.237. The quantitative estimate of drug-likeness (QED) is 0.562. The molecule has 3 nitrogen and oxygen atoms in total. The van der Waals surface area contributed by atoms with Gasteiger partial charge in [-0.2, -0.15) is 0 Å². The third kappa shape index (κ3) is 5.75. The zero-order valence-corrected chi connectivity index (χ0v) is 12.1. The Kier molecular flexibility index (Phi) is 10.8. The summed E-state index contributed by atoms with van der Waals surface area (Å²) in [5.41, 5.74) is 0.874. The van der Waals surface area contributed by atoms with Gasteiger partial charge in [0.05, 0.1) is 4.91 Å². The van der Waals surface area contributed by atoms with Crippen molar-refractivity contribution in [3.8, 4) is 0 Å². The minimum atomic E-state index is -0.249. The van der Waals surface area contributed by atoms with E-state index in [2.05, 4.69) is 6.58 Å². The molecule has 0 N–H and O–H groups in total. The van der Waals surface area contributed by atoms with Gasteiger partial charge in [-0.25, -0.2) is 0 Å². The second kappa shape index (κ2) is 10.4. The number of hydrogen-bond acceptors (Lipinski definition) is 3. The molecule has 0 aromatic heterocycles. The van der Waals surface area contributed by atoms with Crippen molar-refractivity contribution in [3.05, 3.63) is 47.4 Å². The van der Waals surface area contributed by atoms with Crippen molar-refractivity contribution >= 4 is 22.9 Å². The van der Waals surface area contributed by atoms with Crippen LogP contribution in [0, 0.1) is 0 Å². The molecule has 0 aromatic carbocycles. The molecule has 0 radical (unpaired) electrons. The molecule has 1 rings (SSSR count). The van der Waals surface area contributed by atoms with Crippen molar-refractivity contribution < 1.29 is 9.59 Å². The van der Waals surface area contributed by atoms with Crippen molar-refractivity contribution in [2.24, 2.45) is 0 Å². The van der Waals surface area contributed by atoms with E-state index >= 15 is 0 Å². The van der Waals surface area contributed by atoms with Crippen LogP contribution in [0.3, 0.4) is 0 Å². The summed E-state index contributed by atoms with van der Waals surface area (Å²) in [6.07, 6.45) is 8.83. The van der Waals surface area contributed by atoms with E-state index in [9.17, 15) is 9.59 Å². The molecule has 0 saturated carbocycles. The second-order valence-corrected chi connectivity index (χ2v) is 4.12. The first-order valence-corrected chi connectivity index (χ1v) is 6.58. The number of carbonyl (C=O) groups is 2. The molecule has 0 aromatic rings. The fourth-order valence-electron chi connectivity index (χ4n) is 1.10. The van der Waals surface area contributed by atoms with Crippen LogP contribution in [0.15, 0.2) is 47.4 Å². The molecular formula is C15H23NO2S. The summed E-state index contributed by atoms with van der Waals surface area (Å²) in [5.74, 6) is -0.249. The lowest BCUT2D eigenvalue weighted by molar-refractivity contribution is -0.121. The molecule has 0 aliphatic carbocycles. The van der Waals surface area contributed by atoms with E-state index in [4.69, 9.17) is 0 Å². The van der Waals surface area contributed by atoms with Crippen LogP contribution in [-0.4, -0.2) is 23.1 Å². The Bertz CT molecular complexity index is 420. The van der Waals surface area contributed by atoms with Gasteiger partial charge in [-0.3, -0.25) is 14.5 Å². The van der Waals surface area contributed by atoms with E-state index in [1.807, 2.05) is 32.9 Å². The summed E-state index contributed by atoms with van der Waals surface area (Å²) in [4.78, 5) is 24.4. The van der Waals surface area contributed by atoms with Crippen LogP contribution in [0.5, 0.6) is 0 Å². The lowest BCUT2D eigenvalue weighted by Gasteiger charge is -2.00. The number of likely N-dealkylation sites (N-methyl/N-ethyl adjacent to an activating group) is 1. The van der Waals surface area contributed by atoms with Crippen LogP contribution in [-0.2, 0) is 4.79 Å². The minimum absolute atomic E-state index is 0. The third-order valence-corrected chi connectivity index (χ3v) is 3.00. The van der Waals surface area contributed by atoms with Gasteiger partial charge in [0, 0.05) is 7.05 Å². The number of thioether (sulfide) groups is 1. The van der Waals surface area contributed by atoms with Gasteiger partial charge in [0.1, 0.15) is 0 Å². The van der Waals surface area contributed by atoms with E-state index in [1.54, 1.807) is 18.2 Å². The van der Waals surface area contributed by atoms with Crippen LogP contribution in [0.1, 0.15) is 28.2 Å². The first-order chi connectivity index (χ1) is 8.60. The lowest BCUT2D eigenvalue weighted by Crippen LogP contribution is -2.22. The second-order valence-electron chi connectivity index (χ2n) is 3.12.